The minimum atomic E-state index is -5.20. The molecule has 2 aromatic carbocycles. The first-order valence-corrected chi connectivity index (χ1v) is 11.9. The molecule has 0 bridgehead atoms. The largest absolute Gasteiger partial charge is 0.497 e. The van der Waals surface area contributed by atoms with Crippen molar-refractivity contribution in [3.63, 3.8) is 0 Å². The molecular formula is C26H26ClF3N4O5. The molecule has 3 atom stereocenters. The Morgan fingerprint density at radius 3 is 2.15 bits per heavy atom. The molecule has 39 heavy (non-hydrogen) atoms. The highest BCUT2D eigenvalue weighted by Crippen LogP contribution is 2.23. The highest BCUT2D eigenvalue weighted by atomic mass is 35.5. The van der Waals surface area contributed by atoms with Gasteiger partial charge in [-0.1, -0.05) is 43.6 Å². The zero-order chi connectivity index (χ0) is 29.3. The predicted molar refractivity (Wildman–Crippen MR) is 135 cm³/mol. The number of hydrogen-bond donors (Lipinski definition) is 3. The van der Waals surface area contributed by atoms with Crippen LogP contribution in [-0.4, -0.2) is 48.9 Å². The Morgan fingerprint density at radius 2 is 1.64 bits per heavy atom. The van der Waals surface area contributed by atoms with Crippen LogP contribution in [0.4, 0.5) is 13.2 Å². The normalized spacial score (nSPS) is 13.4. The molecule has 3 amide bonds. The molecule has 0 fully saturated rings. The number of nitrogens with one attached hydrogen (secondary N) is 3. The first kappa shape index (κ1) is 31.1. The number of nitrogens with zero attached hydrogens (tertiary/aromatic N) is 1. The SMILES string of the molecule is COc1ccc([C@H](NC(=O)[C@H](CC#N)NC(=O)c2cccc(Cl)c2)C(=O)N[C@H](C(=O)C(F)(F)F)C(C)C)cc1. The van der Waals surface area contributed by atoms with Crippen molar-refractivity contribution in [2.75, 3.05) is 7.11 Å². The van der Waals surface area contributed by atoms with Gasteiger partial charge in [-0.15, -0.1) is 0 Å². The number of benzene rings is 2. The maximum Gasteiger partial charge on any atom is 0.452 e. The molecular weight excluding hydrogens is 541 g/mol. The van der Waals surface area contributed by atoms with Crippen LogP contribution < -0.4 is 20.7 Å². The molecule has 0 unspecified atom stereocenters. The number of rotatable bonds is 11. The fourth-order valence-corrected chi connectivity index (χ4v) is 3.65. The van der Waals surface area contributed by atoms with Gasteiger partial charge in [-0.25, -0.2) is 0 Å². The highest BCUT2D eigenvalue weighted by molar-refractivity contribution is 6.31. The van der Waals surface area contributed by atoms with E-state index in [1.165, 1.54) is 69.5 Å². The van der Waals surface area contributed by atoms with Gasteiger partial charge in [-0.2, -0.15) is 18.4 Å². The van der Waals surface area contributed by atoms with Crippen LogP contribution in [-0.2, 0) is 14.4 Å². The fraction of sp³-hybridized carbons (Fsp3) is 0.346. The van der Waals surface area contributed by atoms with Gasteiger partial charge < -0.3 is 20.7 Å². The molecule has 13 heteroatoms. The second kappa shape index (κ2) is 13.6. The molecule has 9 nitrogen and oxygen atoms in total. The van der Waals surface area contributed by atoms with E-state index in [1.54, 1.807) is 6.07 Å². The minimum Gasteiger partial charge on any atom is -0.497 e. The maximum absolute atomic E-state index is 13.2. The number of halogens is 4. The van der Waals surface area contributed by atoms with E-state index in [0.717, 1.165) is 0 Å². The summed E-state index contributed by atoms with van der Waals surface area (Å²) in [6.07, 6.45) is -5.69. The second-order valence-electron chi connectivity index (χ2n) is 8.71. The van der Waals surface area contributed by atoms with Crippen LogP contribution in [0.25, 0.3) is 0 Å². The Bertz CT molecular complexity index is 1250. The van der Waals surface area contributed by atoms with E-state index < -0.39 is 60.1 Å². The predicted octanol–water partition coefficient (Wildman–Crippen LogP) is 3.49. The van der Waals surface area contributed by atoms with Crippen LogP contribution in [0.2, 0.25) is 5.02 Å². The summed E-state index contributed by atoms with van der Waals surface area (Å²) in [4.78, 5) is 50.9. The summed E-state index contributed by atoms with van der Waals surface area (Å²) in [5, 5.41) is 16.3. The van der Waals surface area contributed by atoms with Crippen molar-refractivity contribution < 1.29 is 37.1 Å². The summed E-state index contributed by atoms with van der Waals surface area (Å²) >= 11 is 5.90. The van der Waals surface area contributed by atoms with Crippen molar-refractivity contribution in [3.05, 3.63) is 64.7 Å². The number of nitriles is 1. The van der Waals surface area contributed by atoms with Crippen LogP contribution >= 0.6 is 11.6 Å². The molecule has 0 aliphatic heterocycles. The van der Waals surface area contributed by atoms with Crippen LogP contribution in [0.15, 0.2) is 48.5 Å². The van der Waals surface area contributed by atoms with E-state index in [2.05, 4.69) is 16.0 Å². The molecule has 0 aliphatic carbocycles. The average Bonchev–Trinajstić information content (AvgIpc) is 2.88. The lowest BCUT2D eigenvalue weighted by Gasteiger charge is -2.27. The van der Waals surface area contributed by atoms with Gasteiger partial charge in [0, 0.05) is 10.6 Å². The molecule has 0 aromatic heterocycles. The van der Waals surface area contributed by atoms with Gasteiger partial charge in [0.05, 0.1) is 25.6 Å². The van der Waals surface area contributed by atoms with E-state index in [4.69, 9.17) is 16.3 Å². The van der Waals surface area contributed by atoms with Gasteiger partial charge in [-0.3, -0.25) is 19.2 Å². The summed E-state index contributed by atoms with van der Waals surface area (Å²) < 4.78 is 44.5. The molecule has 0 saturated carbocycles. The number of Topliss-reactive ketones (excluding diaryl/α,β-unsaturated/α-hetero) is 1. The average molecular weight is 567 g/mol. The lowest BCUT2D eigenvalue weighted by molar-refractivity contribution is -0.175. The van der Waals surface area contributed by atoms with Gasteiger partial charge in [0.1, 0.15) is 17.8 Å². The first-order chi connectivity index (χ1) is 18.3. The Morgan fingerprint density at radius 1 is 1.00 bits per heavy atom. The first-order valence-electron chi connectivity index (χ1n) is 11.6. The number of hydrogen-bond acceptors (Lipinski definition) is 6. The number of alkyl halides is 3. The highest BCUT2D eigenvalue weighted by Gasteiger charge is 2.45. The molecule has 0 heterocycles. The van der Waals surface area contributed by atoms with Crippen molar-refractivity contribution >= 4 is 35.1 Å². The molecule has 2 rings (SSSR count). The summed E-state index contributed by atoms with van der Waals surface area (Å²) in [5.41, 5.74) is 0.244. The third kappa shape index (κ3) is 8.71. The van der Waals surface area contributed by atoms with Crippen molar-refractivity contribution in [1.82, 2.24) is 16.0 Å². The Labute approximate surface area is 227 Å². The molecule has 2 aromatic rings. The summed E-state index contributed by atoms with van der Waals surface area (Å²) in [7, 11) is 1.39. The van der Waals surface area contributed by atoms with Crippen LogP contribution in [0, 0.1) is 17.2 Å². The number of methoxy groups -OCH3 is 1. The lowest BCUT2D eigenvalue weighted by Crippen LogP contribution is -2.54. The van der Waals surface area contributed by atoms with Gasteiger partial charge in [0.25, 0.3) is 11.7 Å². The smallest absolute Gasteiger partial charge is 0.452 e. The number of ketones is 1. The van der Waals surface area contributed by atoms with Gasteiger partial charge in [0.15, 0.2) is 0 Å². The van der Waals surface area contributed by atoms with E-state index in [9.17, 15) is 37.6 Å². The van der Waals surface area contributed by atoms with Crippen molar-refractivity contribution in [1.29, 1.82) is 5.26 Å². The minimum absolute atomic E-state index is 0.105. The zero-order valence-corrected chi connectivity index (χ0v) is 21.9. The third-order valence-corrected chi connectivity index (χ3v) is 5.76. The van der Waals surface area contributed by atoms with Gasteiger partial charge >= 0.3 is 6.18 Å². The monoisotopic (exact) mass is 566 g/mol. The van der Waals surface area contributed by atoms with E-state index >= 15 is 0 Å². The number of carbonyl (C=O) groups is 4. The third-order valence-electron chi connectivity index (χ3n) is 5.53. The molecule has 0 aliphatic rings. The van der Waals surface area contributed by atoms with E-state index in [-0.39, 0.29) is 16.1 Å². The second-order valence-corrected chi connectivity index (χ2v) is 9.14. The zero-order valence-electron chi connectivity index (χ0n) is 21.1. The van der Waals surface area contributed by atoms with Crippen molar-refractivity contribution in [2.24, 2.45) is 5.92 Å². The van der Waals surface area contributed by atoms with Crippen LogP contribution in [0.3, 0.4) is 0 Å². The molecule has 208 valence electrons. The Hall–Kier alpha value is -4.11. The van der Waals surface area contributed by atoms with Crippen LogP contribution in [0.1, 0.15) is 42.2 Å². The molecule has 0 saturated heterocycles. The fourth-order valence-electron chi connectivity index (χ4n) is 3.46. The topological polar surface area (TPSA) is 137 Å². The van der Waals surface area contributed by atoms with Crippen LogP contribution in [0.5, 0.6) is 5.75 Å². The van der Waals surface area contributed by atoms with E-state index in [1.807, 2.05) is 0 Å². The maximum atomic E-state index is 13.2. The molecule has 0 spiro atoms. The Kier molecular flexibility index (Phi) is 10.9. The Balaban J connectivity index is 2.36. The summed E-state index contributed by atoms with van der Waals surface area (Å²) in [5.74, 6) is -5.49. The molecule has 3 N–H and O–H groups in total. The lowest BCUT2D eigenvalue weighted by atomic mass is 9.97. The summed E-state index contributed by atoms with van der Waals surface area (Å²) in [6.45, 7) is 2.65. The number of amides is 3. The number of carbonyl (C=O) groups excluding carboxylic acids is 4. The molecule has 0 radical (unpaired) electrons. The standard InChI is InChI=1S/C26H26ClF3N4O5/c1-14(2)20(22(35)26(28,29)30)33-25(38)21(15-7-9-18(39-3)10-8-15)34-24(37)19(11-12-31)32-23(36)16-5-4-6-17(27)13-16/h4-10,13-14,19-21H,11H2,1-3H3,(H,32,36)(H,33,38)(H,34,37)/t19-,20-,21-/m0/s1. The van der Waals surface area contributed by atoms with Gasteiger partial charge in [-0.05, 0) is 41.8 Å². The number of ether oxygens (including phenoxy) is 1. The van der Waals surface area contributed by atoms with Crippen molar-refractivity contribution in [2.45, 2.75) is 44.6 Å². The van der Waals surface area contributed by atoms with Crippen molar-refractivity contribution in [3.8, 4) is 11.8 Å². The summed E-state index contributed by atoms with van der Waals surface area (Å²) in [6, 6.07) is 8.32. The quantitative estimate of drug-likeness (QED) is 0.381. The van der Waals surface area contributed by atoms with E-state index in [0.29, 0.717) is 5.75 Å². The van der Waals surface area contributed by atoms with Gasteiger partial charge in [0.2, 0.25) is 11.8 Å².